The molecule has 128 valence electrons. The van der Waals surface area contributed by atoms with E-state index in [-0.39, 0.29) is 25.1 Å². The first-order valence-electron chi connectivity index (χ1n) is 7.77. The van der Waals surface area contributed by atoms with Gasteiger partial charge in [-0.25, -0.2) is 18.9 Å². The largest absolute Gasteiger partial charge is 0.473 e. The standard InChI is InChI=1S/C16H15FN6O2/c1-9-5-19-15(24)12-8-21-23-3-2-13(22-14(12)23)18-6-10-4-11(17)7-20-16(10)25-9/h2-4,7-9H,5-6H2,1H3,(H,18,22)(H,19,24). The summed E-state index contributed by atoms with van der Waals surface area (Å²) in [5, 5.41) is 10.0. The lowest BCUT2D eigenvalue weighted by Gasteiger charge is -2.17. The predicted octanol–water partition coefficient (Wildman–Crippen LogP) is 1.39. The molecule has 2 bridgehead atoms. The van der Waals surface area contributed by atoms with Gasteiger partial charge in [0.1, 0.15) is 23.3 Å². The molecule has 0 saturated heterocycles. The fourth-order valence-electron chi connectivity index (χ4n) is 2.58. The van der Waals surface area contributed by atoms with Crippen LogP contribution in [-0.2, 0) is 6.54 Å². The minimum absolute atomic E-state index is 0.266. The summed E-state index contributed by atoms with van der Waals surface area (Å²) in [5.74, 6) is 0.112. The molecule has 25 heavy (non-hydrogen) atoms. The van der Waals surface area contributed by atoms with Crippen molar-refractivity contribution in [3.63, 3.8) is 0 Å². The molecular formula is C16H15FN6O2. The molecule has 8 nitrogen and oxygen atoms in total. The minimum Gasteiger partial charge on any atom is -0.473 e. The zero-order valence-electron chi connectivity index (χ0n) is 13.4. The number of ether oxygens (including phenoxy) is 1. The van der Waals surface area contributed by atoms with Gasteiger partial charge in [-0.1, -0.05) is 0 Å². The van der Waals surface area contributed by atoms with E-state index in [9.17, 15) is 9.18 Å². The molecule has 4 rings (SSSR count). The molecule has 0 aromatic carbocycles. The number of nitrogens with zero attached hydrogens (tertiary/aromatic N) is 4. The number of anilines is 1. The number of hydrogen-bond acceptors (Lipinski definition) is 6. The van der Waals surface area contributed by atoms with Crippen LogP contribution < -0.4 is 15.4 Å². The molecule has 0 fully saturated rings. The average Bonchev–Trinajstić information content (AvgIpc) is 3.02. The van der Waals surface area contributed by atoms with Gasteiger partial charge < -0.3 is 15.4 Å². The summed E-state index contributed by atoms with van der Waals surface area (Å²) in [6.45, 7) is 2.34. The fourth-order valence-corrected chi connectivity index (χ4v) is 2.58. The Labute approximate surface area is 142 Å². The average molecular weight is 342 g/mol. The normalized spacial score (nSPS) is 17.5. The number of amides is 1. The molecule has 3 aromatic rings. The molecule has 0 saturated carbocycles. The Morgan fingerprint density at radius 2 is 2.24 bits per heavy atom. The van der Waals surface area contributed by atoms with Crippen molar-refractivity contribution in [2.75, 3.05) is 11.9 Å². The fraction of sp³-hybridized carbons (Fsp3) is 0.250. The Kier molecular flexibility index (Phi) is 3.68. The van der Waals surface area contributed by atoms with Crippen LogP contribution >= 0.6 is 0 Å². The van der Waals surface area contributed by atoms with E-state index in [0.29, 0.717) is 28.5 Å². The summed E-state index contributed by atoms with van der Waals surface area (Å²) in [7, 11) is 0. The molecular weight excluding hydrogens is 327 g/mol. The third kappa shape index (κ3) is 2.95. The maximum atomic E-state index is 13.6. The van der Waals surface area contributed by atoms with Crippen LogP contribution in [0.5, 0.6) is 5.88 Å². The smallest absolute Gasteiger partial charge is 0.256 e. The number of aromatic nitrogens is 4. The van der Waals surface area contributed by atoms with Gasteiger partial charge in [-0.2, -0.15) is 5.10 Å². The number of pyridine rings is 1. The van der Waals surface area contributed by atoms with E-state index in [1.807, 2.05) is 0 Å². The molecule has 4 heterocycles. The van der Waals surface area contributed by atoms with Crippen molar-refractivity contribution in [3.05, 3.63) is 47.7 Å². The number of hydrogen-bond donors (Lipinski definition) is 2. The van der Waals surface area contributed by atoms with Crippen molar-refractivity contribution in [3.8, 4) is 5.88 Å². The van der Waals surface area contributed by atoms with E-state index < -0.39 is 5.82 Å². The Bertz CT molecular complexity index is 957. The highest BCUT2D eigenvalue weighted by atomic mass is 19.1. The van der Waals surface area contributed by atoms with Crippen LogP contribution in [-0.4, -0.2) is 38.1 Å². The third-order valence-corrected chi connectivity index (χ3v) is 3.83. The number of rotatable bonds is 0. The summed E-state index contributed by atoms with van der Waals surface area (Å²) >= 11 is 0. The lowest BCUT2D eigenvalue weighted by Crippen LogP contribution is -2.33. The third-order valence-electron chi connectivity index (χ3n) is 3.83. The van der Waals surface area contributed by atoms with Crippen molar-refractivity contribution in [1.82, 2.24) is 24.9 Å². The van der Waals surface area contributed by atoms with Crippen LogP contribution in [0.3, 0.4) is 0 Å². The molecule has 1 amide bonds. The lowest BCUT2D eigenvalue weighted by atomic mass is 10.2. The number of carbonyl (C=O) groups excluding carboxylic acids is 1. The topological polar surface area (TPSA) is 93.4 Å². The molecule has 0 radical (unpaired) electrons. The van der Waals surface area contributed by atoms with Crippen molar-refractivity contribution >= 4 is 17.4 Å². The van der Waals surface area contributed by atoms with Crippen LogP contribution in [0.4, 0.5) is 10.2 Å². The maximum absolute atomic E-state index is 13.6. The van der Waals surface area contributed by atoms with Crippen molar-refractivity contribution in [1.29, 1.82) is 0 Å². The van der Waals surface area contributed by atoms with Gasteiger partial charge >= 0.3 is 0 Å². The van der Waals surface area contributed by atoms with Gasteiger partial charge in [-0.05, 0) is 19.1 Å². The summed E-state index contributed by atoms with van der Waals surface area (Å²) in [4.78, 5) is 20.8. The molecule has 1 atom stereocenters. The second-order valence-corrected chi connectivity index (χ2v) is 5.75. The lowest BCUT2D eigenvalue weighted by molar-refractivity contribution is 0.0932. The first kappa shape index (κ1) is 15.3. The second-order valence-electron chi connectivity index (χ2n) is 5.75. The van der Waals surface area contributed by atoms with Crippen LogP contribution in [0.15, 0.2) is 30.7 Å². The summed E-state index contributed by atoms with van der Waals surface area (Å²) < 4.78 is 20.8. The maximum Gasteiger partial charge on any atom is 0.256 e. The number of fused-ring (bicyclic) bond motifs is 2. The first-order valence-corrected chi connectivity index (χ1v) is 7.77. The SMILES string of the molecule is CC1CNC(=O)c2cnn3ccc(nc23)NCc2cc(F)cnc2O1. The monoisotopic (exact) mass is 342 g/mol. The van der Waals surface area contributed by atoms with Crippen molar-refractivity contribution < 1.29 is 13.9 Å². The molecule has 1 unspecified atom stereocenters. The van der Waals surface area contributed by atoms with E-state index in [1.165, 1.54) is 16.8 Å². The van der Waals surface area contributed by atoms with Gasteiger partial charge in [0.25, 0.3) is 5.91 Å². The highest BCUT2D eigenvalue weighted by Crippen LogP contribution is 2.20. The summed E-state index contributed by atoms with van der Waals surface area (Å²) in [6, 6.07) is 3.08. The number of carbonyl (C=O) groups is 1. The van der Waals surface area contributed by atoms with Gasteiger partial charge in [0, 0.05) is 18.3 Å². The molecule has 0 spiro atoms. The Hall–Kier alpha value is -3.23. The van der Waals surface area contributed by atoms with Crippen LogP contribution in [0, 0.1) is 5.82 Å². The Morgan fingerprint density at radius 3 is 3.12 bits per heavy atom. The van der Waals surface area contributed by atoms with Crippen molar-refractivity contribution in [2.45, 2.75) is 19.6 Å². The van der Waals surface area contributed by atoms with Crippen molar-refractivity contribution in [2.24, 2.45) is 0 Å². The van der Waals surface area contributed by atoms with E-state index >= 15 is 0 Å². The van der Waals surface area contributed by atoms with Crippen LogP contribution in [0.2, 0.25) is 0 Å². The molecule has 0 aliphatic carbocycles. The summed E-state index contributed by atoms with van der Waals surface area (Å²) in [6.07, 6.45) is 3.93. The Balaban J connectivity index is 1.77. The van der Waals surface area contributed by atoms with E-state index in [0.717, 1.165) is 6.20 Å². The highest BCUT2D eigenvalue weighted by Gasteiger charge is 2.18. The molecule has 2 N–H and O–H groups in total. The molecule has 1 aliphatic heterocycles. The van der Waals surface area contributed by atoms with Crippen LogP contribution in [0.1, 0.15) is 22.8 Å². The van der Waals surface area contributed by atoms with E-state index in [4.69, 9.17) is 4.74 Å². The van der Waals surface area contributed by atoms with Crippen LogP contribution in [0.25, 0.3) is 5.65 Å². The molecule has 1 aliphatic rings. The van der Waals surface area contributed by atoms with Gasteiger partial charge in [-0.15, -0.1) is 0 Å². The molecule has 9 heteroatoms. The van der Waals surface area contributed by atoms with E-state index in [2.05, 4.69) is 25.7 Å². The quantitative estimate of drug-likeness (QED) is 0.641. The zero-order chi connectivity index (χ0) is 17.4. The highest BCUT2D eigenvalue weighted by molar-refractivity contribution is 5.99. The molecule has 3 aromatic heterocycles. The number of nitrogens with one attached hydrogen (secondary N) is 2. The van der Waals surface area contributed by atoms with Gasteiger partial charge in [0.2, 0.25) is 5.88 Å². The van der Waals surface area contributed by atoms with E-state index in [1.54, 1.807) is 19.2 Å². The zero-order valence-corrected chi connectivity index (χ0v) is 13.4. The number of halogens is 1. The Morgan fingerprint density at radius 1 is 1.36 bits per heavy atom. The predicted molar refractivity (Wildman–Crippen MR) is 86.9 cm³/mol. The summed E-state index contributed by atoms with van der Waals surface area (Å²) in [5.41, 5.74) is 1.37. The second kappa shape index (κ2) is 6.00. The van der Waals surface area contributed by atoms with Gasteiger partial charge in [-0.3, -0.25) is 4.79 Å². The minimum atomic E-state index is -0.448. The first-order chi connectivity index (χ1) is 12.1. The van der Waals surface area contributed by atoms with Gasteiger partial charge in [0.15, 0.2) is 5.65 Å². The van der Waals surface area contributed by atoms with Gasteiger partial charge in [0.05, 0.1) is 18.9 Å².